The molecule has 0 aliphatic rings. The molecule has 0 spiro atoms. The molecule has 0 amide bonds. The Hall–Kier alpha value is -2.15. The lowest BCUT2D eigenvalue weighted by Crippen LogP contribution is -2.31. The fourth-order valence-electron chi connectivity index (χ4n) is 1.92. The quantitative estimate of drug-likeness (QED) is 0.785. The zero-order valence-corrected chi connectivity index (χ0v) is 14.9. The number of aromatic amines is 1. The number of halogens is 1. The van der Waals surface area contributed by atoms with E-state index in [9.17, 15) is 14.7 Å². The molecule has 23 heavy (non-hydrogen) atoms. The molecule has 1 aromatic carbocycles. The Morgan fingerprint density at radius 1 is 1.30 bits per heavy atom. The van der Waals surface area contributed by atoms with Gasteiger partial charge in [-0.05, 0) is 51.5 Å². The van der Waals surface area contributed by atoms with Crippen molar-refractivity contribution in [1.82, 2.24) is 9.55 Å². The maximum Gasteiger partial charge on any atom is 0.335 e. The third-order valence-corrected chi connectivity index (χ3v) is 3.99. The Labute approximate surface area is 141 Å². The van der Waals surface area contributed by atoms with E-state index in [1.54, 1.807) is 18.2 Å². The van der Waals surface area contributed by atoms with Crippen LogP contribution >= 0.6 is 15.9 Å². The normalized spacial score (nSPS) is 12.0. The molecule has 0 saturated carbocycles. The van der Waals surface area contributed by atoms with Gasteiger partial charge in [0.05, 0.1) is 11.2 Å². The van der Waals surface area contributed by atoms with Crippen molar-refractivity contribution in [2.75, 3.05) is 0 Å². The number of nitrogens with zero attached hydrogens (tertiary/aromatic N) is 2. The van der Waals surface area contributed by atoms with Crippen molar-refractivity contribution < 1.29 is 5.11 Å². The Bertz CT molecular complexity index is 889. The van der Waals surface area contributed by atoms with E-state index < -0.39 is 22.7 Å². The minimum Gasteiger partial charge on any atom is -0.493 e. The number of H-pyrrole nitrogens is 1. The highest BCUT2D eigenvalue weighted by Gasteiger charge is 2.15. The average Bonchev–Trinajstić information content (AvgIpc) is 2.40. The highest BCUT2D eigenvalue weighted by Crippen LogP contribution is 2.22. The molecule has 6 nitrogen and oxygen atoms in total. The molecule has 1 aromatic heterocycles. The van der Waals surface area contributed by atoms with E-state index in [1.807, 2.05) is 27.7 Å². The zero-order valence-electron chi connectivity index (χ0n) is 13.3. The van der Waals surface area contributed by atoms with Crippen LogP contribution in [-0.2, 0) is 0 Å². The third kappa shape index (κ3) is 3.79. The van der Waals surface area contributed by atoms with Gasteiger partial charge in [0.2, 0.25) is 5.88 Å². The van der Waals surface area contributed by atoms with Gasteiger partial charge >= 0.3 is 5.69 Å². The molecule has 2 aromatic rings. The van der Waals surface area contributed by atoms with Crippen LogP contribution in [0, 0.1) is 6.92 Å². The number of aryl methyl sites for hydroxylation is 1. The number of hydrogen-bond acceptors (Lipinski definition) is 4. The van der Waals surface area contributed by atoms with Gasteiger partial charge < -0.3 is 5.11 Å². The second-order valence-corrected chi connectivity index (χ2v) is 7.05. The van der Waals surface area contributed by atoms with Crippen molar-refractivity contribution in [3.8, 4) is 11.6 Å². The van der Waals surface area contributed by atoms with E-state index in [0.717, 1.165) is 14.6 Å². The number of aliphatic imine (C=N–C) groups is 1. The lowest BCUT2D eigenvalue weighted by atomic mass is 10.1. The fraction of sp³-hybridized carbons (Fsp3) is 0.312. The lowest BCUT2D eigenvalue weighted by Gasteiger charge is -2.13. The van der Waals surface area contributed by atoms with Gasteiger partial charge in [-0.25, -0.2) is 9.36 Å². The van der Waals surface area contributed by atoms with Crippen LogP contribution in [0.4, 0.5) is 0 Å². The van der Waals surface area contributed by atoms with Crippen LogP contribution in [0.2, 0.25) is 0 Å². The molecule has 7 heteroatoms. The zero-order chi connectivity index (χ0) is 17.4. The Morgan fingerprint density at radius 3 is 2.52 bits per heavy atom. The minimum atomic E-state index is -0.706. The summed E-state index contributed by atoms with van der Waals surface area (Å²) in [6.45, 7) is 7.46. The third-order valence-electron chi connectivity index (χ3n) is 3.10. The largest absolute Gasteiger partial charge is 0.493 e. The Balaban J connectivity index is 2.70. The molecule has 0 unspecified atom stereocenters. The van der Waals surface area contributed by atoms with Crippen molar-refractivity contribution in [3.05, 3.63) is 54.6 Å². The van der Waals surface area contributed by atoms with Crippen molar-refractivity contribution in [1.29, 1.82) is 0 Å². The first-order valence-corrected chi connectivity index (χ1v) is 7.79. The highest BCUT2D eigenvalue weighted by molar-refractivity contribution is 9.10. The van der Waals surface area contributed by atoms with Crippen LogP contribution in [0.25, 0.3) is 5.69 Å². The number of nitrogens with one attached hydrogen (secondary N) is 1. The summed E-state index contributed by atoms with van der Waals surface area (Å²) >= 11 is 3.38. The summed E-state index contributed by atoms with van der Waals surface area (Å²) in [5.74, 6) is -0.437. The van der Waals surface area contributed by atoms with Crippen LogP contribution in [0.5, 0.6) is 5.88 Å². The summed E-state index contributed by atoms with van der Waals surface area (Å²) in [4.78, 5) is 30.5. The average molecular weight is 380 g/mol. The summed E-state index contributed by atoms with van der Waals surface area (Å²) in [6.07, 6.45) is 1.29. The molecule has 0 fully saturated rings. The minimum absolute atomic E-state index is 0.0555. The SMILES string of the molecule is Cc1cc(-n2c(O)c(C=NC(C)(C)C)c(=O)[nH]c2=O)ccc1Br. The molecule has 0 atom stereocenters. The van der Waals surface area contributed by atoms with Gasteiger partial charge in [-0.15, -0.1) is 0 Å². The van der Waals surface area contributed by atoms with Gasteiger partial charge in [0, 0.05) is 10.7 Å². The first kappa shape index (κ1) is 17.2. The topological polar surface area (TPSA) is 87.4 Å². The van der Waals surface area contributed by atoms with Gasteiger partial charge in [-0.1, -0.05) is 15.9 Å². The summed E-state index contributed by atoms with van der Waals surface area (Å²) in [5.41, 5.74) is -0.499. The van der Waals surface area contributed by atoms with Crippen molar-refractivity contribution >= 4 is 22.1 Å². The standard InChI is InChI=1S/C16H18BrN3O3/c1-9-7-10(5-6-12(9)17)20-14(22)11(8-18-16(2,3)4)13(21)19-15(20)23/h5-8,22H,1-4H3,(H,19,21,23). The van der Waals surface area contributed by atoms with Gasteiger partial charge in [-0.2, -0.15) is 0 Å². The van der Waals surface area contributed by atoms with Crippen molar-refractivity contribution in [2.24, 2.45) is 4.99 Å². The predicted octanol–water partition coefficient (Wildman–Crippen LogP) is 2.52. The number of hydrogen-bond donors (Lipinski definition) is 2. The Kier molecular flexibility index (Phi) is 4.61. The molecule has 0 bridgehead atoms. The smallest absolute Gasteiger partial charge is 0.335 e. The number of aromatic hydroxyl groups is 1. The van der Waals surface area contributed by atoms with Crippen LogP contribution < -0.4 is 11.2 Å². The van der Waals surface area contributed by atoms with Gasteiger partial charge in [0.15, 0.2) is 0 Å². The monoisotopic (exact) mass is 379 g/mol. The van der Waals surface area contributed by atoms with E-state index in [2.05, 4.69) is 25.9 Å². The van der Waals surface area contributed by atoms with E-state index in [1.165, 1.54) is 6.21 Å². The molecule has 0 aliphatic heterocycles. The molecule has 0 aliphatic carbocycles. The molecular formula is C16H18BrN3O3. The van der Waals surface area contributed by atoms with Gasteiger partial charge in [0.1, 0.15) is 5.56 Å². The molecular weight excluding hydrogens is 362 g/mol. The summed E-state index contributed by atoms with van der Waals surface area (Å²) < 4.78 is 1.93. The maximum atomic E-state index is 12.1. The van der Waals surface area contributed by atoms with Crippen LogP contribution in [0.3, 0.4) is 0 Å². The first-order chi connectivity index (χ1) is 10.6. The molecule has 1 heterocycles. The summed E-state index contributed by atoms with van der Waals surface area (Å²) in [7, 11) is 0. The van der Waals surface area contributed by atoms with E-state index in [4.69, 9.17) is 0 Å². The van der Waals surface area contributed by atoms with E-state index in [-0.39, 0.29) is 5.56 Å². The second kappa shape index (κ2) is 6.16. The Morgan fingerprint density at radius 2 is 1.96 bits per heavy atom. The first-order valence-electron chi connectivity index (χ1n) is 7.00. The second-order valence-electron chi connectivity index (χ2n) is 6.19. The van der Waals surface area contributed by atoms with Crippen LogP contribution in [-0.4, -0.2) is 26.4 Å². The molecule has 122 valence electrons. The number of aromatic nitrogens is 2. The van der Waals surface area contributed by atoms with E-state index >= 15 is 0 Å². The summed E-state index contributed by atoms with van der Waals surface area (Å²) in [5, 5.41) is 10.4. The van der Waals surface area contributed by atoms with Crippen molar-refractivity contribution in [2.45, 2.75) is 33.2 Å². The molecule has 2 N–H and O–H groups in total. The van der Waals surface area contributed by atoms with E-state index in [0.29, 0.717) is 5.69 Å². The molecule has 0 radical (unpaired) electrons. The highest BCUT2D eigenvalue weighted by atomic mass is 79.9. The summed E-state index contributed by atoms with van der Waals surface area (Å²) in [6, 6.07) is 5.17. The van der Waals surface area contributed by atoms with Gasteiger partial charge in [-0.3, -0.25) is 14.8 Å². The fourth-order valence-corrected chi connectivity index (χ4v) is 2.17. The molecule has 2 rings (SSSR count). The number of benzene rings is 1. The van der Waals surface area contributed by atoms with Crippen LogP contribution in [0.1, 0.15) is 31.9 Å². The number of rotatable bonds is 2. The maximum absolute atomic E-state index is 12.1. The predicted molar refractivity (Wildman–Crippen MR) is 94.1 cm³/mol. The van der Waals surface area contributed by atoms with Crippen molar-refractivity contribution in [3.63, 3.8) is 0 Å². The van der Waals surface area contributed by atoms with Crippen LogP contribution in [0.15, 0.2) is 37.3 Å². The van der Waals surface area contributed by atoms with Gasteiger partial charge in [0.25, 0.3) is 5.56 Å². The lowest BCUT2D eigenvalue weighted by molar-refractivity contribution is 0.430. The molecule has 0 saturated heterocycles.